The molecule has 1 aliphatic rings. The molecule has 1 aromatic heterocycles. The van der Waals surface area contributed by atoms with Crippen molar-refractivity contribution < 1.29 is 14.3 Å². The fourth-order valence-electron chi connectivity index (χ4n) is 3.22. The minimum Gasteiger partial charge on any atom is -0.460 e. The van der Waals surface area contributed by atoms with E-state index in [2.05, 4.69) is 23.5 Å². The van der Waals surface area contributed by atoms with Crippen molar-refractivity contribution >= 4 is 40.3 Å². The van der Waals surface area contributed by atoms with E-state index in [4.69, 9.17) is 21.7 Å². The van der Waals surface area contributed by atoms with Gasteiger partial charge in [0.05, 0.1) is 23.9 Å². The summed E-state index contributed by atoms with van der Waals surface area (Å²) in [4.78, 5) is 15.9. The Hall–Kier alpha value is -2.22. The maximum absolute atomic E-state index is 13.0. The van der Waals surface area contributed by atoms with E-state index >= 15 is 0 Å². The van der Waals surface area contributed by atoms with Crippen LogP contribution in [-0.2, 0) is 14.3 Å². The van der Waals surface area contributed by atoms with Gasteiger partial charge in [0.2, 0.25) is 0 Å². The average molecular weight is 417 g/mol. The number of thiocarbonyl (C=S) groups is 1. The number of nitrogens with zero attached hydrogens (tertiary/aromatic N) is 1. The molecule has 0 unspecified atom stereocenters. The lowest BCUT2D eigenvalue weighted by Crippen LogP contribution is -2.48. The fourth-order valence-corrected chi connectivity index (χ4v) is 4.36. The molecule has 1 N–H and O–H groups in total. The largest absolute Gasteiger partial charge is 0.460 e. The number of methoxy groups -OCH3 is 1. The molecule has 1 atom stereocenters. The standard InChI is InChI=1S/C21H24N2O3S2/c1-13-7-8-14(2)16(12-13)23-15(3)18(20(24)26-10-9-25-4)19(22-21(23)27)17-6-5-11-28-17/h5-8,11-12,19H,9-10H2,1-4H3,(H,22,27)/t19-/m0/s1. The Morgan fingerprint density at radius 1 is 1.25 bits per heavy atom. The molecule has 0 bridgehead atoms. The zero-order chi connectivity index (χ0) is 20.3. The molecule has 0 amide bonds. The van der Waals surface area contributed by atoms with Gasteiger partial charge in [0.1, 0.15) is 6.61 Å². The number of anilines is 1. The molecule has 0 aliphatic carbocycles. The van der Waals surface area contributed by atoms with E-state index in [0.717, 1.165) is 27.4 Å². The second kappa shape index (κ2) is 8.86. The van der Waals surface area contributed by atoms with E-state index in [0.29, 0.717) is 17.3 Å². The van der Waals surface area contributed by atoms with Crippen molar-refractivity contribution in [1.29, 1.82) is 0 Å². The second-order valence-electron chi connectivity index (χ2n) is 6.65. The summed E-state index contributed by atoms with van der Waals surface area (Å²) in [5, 5.41) is 5.90. The number of hydrogen-bond acceptors (Lipinski definition) is 5. The monoisotopic (exact) mass is 416 g/mol. The van der Waals surface area contributed by atoms with Gasteiger partial charge in [-0.1, -0.05) is 18.2 Å². The van der Waals surface area contributed by atoms with Crippen molar-refractivity contribution in [3.8, 4) is 0 Å². The van der Waals surface area contributed by atoms with E-state index in [1.54, 1.807) is 18.4 Å². The number of carbonyl (C=O) groups excluding carboxylic acids is 1. The second-order valence-corrected chi connectivity index (χ2v) is 8.02. The Morgan fingerprint density at radius 2 is 2.04 bits per heavy atom. The molecule has 0 saturated carbocycles. The number of rotatable bonds is 6. The van der Waals surface area contributed by atoms with Crippen LogP contribution in [0.5, 0.6) is 0 Å². The van der Waals surface area contributed by atoms with Crippen molar-refractivity contribution in [3.63, 3.8) is 0 Å². The van der Waals surface area contributed by atoms with E-state index in [9.17, 15) is 4.79 Å². The van der Waals surface area contributed by atoms with Gasteiger partial charge in [0.25, 0.3) is 0 Å². The summed E-state index contributed by atoms with van der Waals surface area (Å²) >= 11 is 7.28. The van der Waals surface area contributed by atoms with E-state index < -0.39 is 0 Å². The van der Waals surface area contributed by atoms with Crippen LogP contribution in [0.15, 0.2) is 47.0 Å². The number of ether oxygens (including phenoxy) is 2. The zero-order valence-corrected chi connectivity index (χ0v) is 18.1. The predicted molar refractivity (Wildman–Crippen MR) is 117 cm³/mol. The summed E-state index contributed by atoms with van der Waals surface area (Å²) in [6.07, 6.45) is 0. The Bertz CT molecular complexity index is 906. The first-order valence-electron chi connectivity index (χ1n) is 9.02. The zero-order valence-electron chi connectivity index (χ0n) is 16.4. The molecule has 0 spiro atoms. The van der Waals surface area contributed by atoms with E-state index in [1.807, 2.05) is 43.2 Å². The lowest BCUT2D eigenvalue weighted by Gasteiger charge is -2.37. The molecule has 3 rings (SSSR count). The maximum atomic E-state index is 13.0. The number of thiophene rings is 1. The van der Waals surface area contributed by atoms with Gasteiger partial charge < -0.3 is 14.8 Å². The Kier molecular flexibility index (Phi) is 6.49. The maximum Gasteiger partial charge on any atom is 0.338 e. The number of hydrogen-bond donors (Lipinski definition) is 1. The van der Waals surface area contributed by atoms with Crippen molar-refractivity contribution in [2.24, 2.45) is 0 Å². The molecular formula is C21H24N2O3S2. The van der Waals surface area contributed by atoms with Crippen LogP contribution in [0.25, 0.3) is 0 Å². The van der Waals surface area contributed by atoms with Crippen molar-refractivity contribution in [2.45, 2.75) is 26.8 Å². The van der Waals surface area contributed by atoms with E-state index in [1.165, 1.54) is 0 Å². The van der Waals surface area contributed by atoms with Crippen LogP contribution in [0, 0.1) is 13.8 Å². The number of benzene rings is 1. The van der Waals surface area contributed by atoms with Gasteiger partial charge in [-0.25, -0.2) is 4.79 Å². The molecule has 28 heavy (non-hydrogen) atoms. The molecule has 1 aliphatic heterocycles. The lowest BCUT2D eigenvalue weighted by atomic mass is 9.99. The Morgan fingerprint density at radius 3 is 2.71 bits per heavy atom. The number of aryl methyl sites for hydroxylation is 2. The highest BCUT2D eigenvalue weighted by atomic mass is 32.1. The van der Waals surface area contributed by atoms with Gasteiger partial charge in [0.15, 0.2) is 5.11 Å². The van der Waals surface area contributed by atoms with E-state index in [-0.39, 0.29) is 18.6 Å². The van der Waals surface area contributed by atoms with Crippen LogP contribution in [-0.4, -0.2) is 31.4 Å². The number of esters is 1. The van der Waals surface area contributed by atoms with Gasteiger partial charge in [-0.2, -0.15) is 0 Å². The lowest BCUT2D eigenvalue weighted by molar-refractivity contribution is -0.140. The SMILES string of the molecule is COCCOC(=O)C1=C(C)N(c2cc(C)ccc2C)C(=S)N[C@H]1c1cccs1. The summed E-state index contributed by atoms with van der Waals surface area (Å²) < 4.78 is 10.5. The first kappa shape index (κ1) is 20.5. The van der Waals surface area contributed by atoms with Gasteiger partial charge in [-0.05, 0) is 61.6 Å². The summed E-state index contributed by atoms with van der Waals surface area (Å²) in [5.74, 6) is -0.363. The van der Waals surface area contributed by atoms with Crippen molar-refractivity contribution in [1.82, 2.24) is 5.32 Å². The van der Waals surface area contributed by atoms with Crippen LogP contribution in [0.1, 0.15) is 29.0 Å². The number of nitrogens with one attached hydrogen (secondary N) is 1. The molecule has 2 aromatic rings. The molecule has 0 fully saturated rings. The minimum absolute atomic E-state index is 0.206. The molecular weight excluding hydrogens is 392 g/mol. The van der Waals surface area contributed by atoms with Crippen LogP contribution in [0.3, 0.4) is 0 Å². The topological polar surface area (TPSA) is 50.8 Å². The highest BCUT2D eigenvalue weighted by Crippen LogP contribution is 2.37. The molecule has 1 aromatic carbocycles. The van der Waals surface area contributed by atoms with Gasteiger partial charge in [0, 0.05) is 17.7 Å². The van der Waals surface area contributed by atoms with Crippen LogP contribution < -0.4 is 10.2 Å². The van der Waals surface area contributed by atoms with Crippen LogP contribution in [0.4, 0.5) is 5.69 Å². The Balaban J connectivity index is 2.08. The number of allylic oxidation sites excluding steroid dienone is 1. The van der Waals surface area contributed by atoms with Gasteiger partial charge >= 0.3 is 5.97 Å². The molecule has 148 valence electrons. The highest BCUT2D eigenvalue weighted by Gasteiger charge is 2.36. The first-order chi connectivity index (χ1) is 13.4. The Labute approximate surface area is 175 Å². The van der Waals surface area contributed by atoms with Crippen LogP contribution >= 0.6 is 23.6 Å². The predicted octanol–water partition coefficient (Wildman–Crippen LogP) is 4.26. The molecule has 0 radical (unpaired) electrons. The van der Waals surface area contributed by atoms with Crippen molar-refractivity contribution in [2.75, 3.05) is 25.2 Å². The van der Waals surface area contributed by atoms with Crippen molar-refractivity contribution in [3.05, 3.63) is 63.0 Å². The molecule has 2 heterocycles. The minimum atomic E-state index is -0.363. The summed E-state index contributed by atoms with van der Waals surface area (Å²) in [6.45, 7) is 6.55. The third-order valence-electron chi connectivity index (χ3n) is 4.66. The normalized spacial score (nSPS) is 16.9. The quantitative estimate of drug-likeness (QED) is 0.431. The summed E-state index contributed by atoms with van der Waals surface area (Å²) in [6, 6.07) is 9.82. The van der Waals surface area contributed by atoms with Gasteiger partial charge in [-0.15, -0.1) is 11.3 Å². The molecule has 7 heteroatoms. The number of carbonyl (C=O) groups is 1. The molecule has 0 saturated heterocycles. The third-order valence-corrected chi connectivity index (χ3v) is 5.90. The molecule has 5 nitrogen and oxygen atoms in total. The highest BCUT2D eigenvalue weighted by molar-refractivity contribution is 7.80. The average Bonchev–Trinajstić information content (AvgIpc) is 3.18. The first-order valence-corrected chi connectivity index (χ1v) is 10.3. The third kappa shape index (κ3) is 4.11. The smallest absolute Gasteiger partial charge is 0.338 e. The fraction of sp³-hybridized carbons (Fsp3) is 0.333. The van der Waals surface area contributed by atoms with Gasteiger partial charge in [-0.3, -0.25) is 4.90 Å². The summed E-state index contributed by atoms with van der Waals surface area (Å²) in [7, 11) is 1.58. The van der Waals surface area contributed by atoms with Crippen LogP contribution in [0.2, 0.25) is 0 Å². The summed E-state index contributed by atoms with van der Waals surface area (Å²) in [5.41, 5.74) is 4.50.